The molecule has 1 aliphatic carbocycles. The molecule has 4 aromatic carbocycles. The molecule has 0 fully saturated rings. The highest BCUT2D eigenvalue weighted by atomic mass is 35.5. The third-order valence-electron chi connectivity index (χ3n) is 6.31. The van der Waals surface area contributed by atoms with Gasteiger partial charge in [0.2, 0.25) is 11.8 Å². The van der Waals surface area contributed by atoms with Crippen molar-refractivity contribution in [3.05, 3.63) is 124 Å². The molecule has 0 saturated heterocycles. The van der Waals surface area contributed by atoms with E-state index in [-0.39, 0.29) is 40.9 Å². The predicted molar refractivity (Wildman–Crippen MR) is 154 cm³/mol. The number of benzene rings is 4. The van der Waals surface area contributed by atoms with Gasteiger partial charge < -0.3 is 10.6 Å². The van der Waals surface area contributed by atoms with Gasteiger partial charge >= 0.3 is 0 Å². The molecule has 1 unspecified atom stereocenters. The third-order valence-corrected chi connectivity index (χ3v) is 7.67. The summed E-state index contributed by atoms with van der Waals surface area (Å²) in [4.78, 5) is 52.4. The van der Waals surface area contributed by atoms with Crippen molar-refractivity contribution in [3.63, 3.8) is 0 Å². The highest BCUT2D eigenvalue weighted by Crippen LogP contribution is 2.33. The normalized spacial score (nSPS) is 12.8. The first kappa shape index (κ1) is 26.4. The Morgan fingerprint density at radius 3 is 2.10 bits per heavy atom. The fourth-order valence-electron chi connectivity index (χ4n) is 4.35. The average Bonchev–Trinajstić information content (AvgIpc) is 2.94. The Labute approximate surface area is 234 Å². The summed E-state index contributed by atoms with van der Waals surface area (Å²) >= 11 is 7.23. The van der Waals surface area contributed by atoms with Crippen LogP contribution in [0.15, 0.2) is 95.9 Å². The zero-order valence-electron chi connectivity index (χ0n) is 20.9. The molecule has 8 heteroatoms. The van der Waals surface area contributed by atoms with Gasteiger partial charge in [-0.15, -0.1) is 11.8 Å². The fraction of sp³-hybridized carbons (Fsp3) is 0.0968. The summed E-state index contributed by atoms with van der Waals surface area (Å²) in [6.07, 6.45) is 0.230. The molecule has 39 heavy (non-hydrogen) atoms. The number of carbonyl (C=O) groups is 4. The number of hydrogen-bond donors (Lipinski definition) is 2. The highest BCUT2D eigenvalue weighted by Gasteiger charge is 2.32. The topological polar surface area (TPSA) is 92.3 Å². The Bertz CT molecular complexity index is 1600. The van der Waals surface area contributed by atoms with Crippen LogP contribution < -0.4 is 10.6 Å². The van der Waals surface area contributed by atoms with Crippen molar-refractivity contribution in [1.82, 2.24) is 0 Å². The van der Waals surface area contributed by atoms with E-state index in [0.29, 0.717) is 27.5 Å². The monoisotopic (exact) mass is 554 g/mol. The summed E-state index contributed by atoms with van der Waals surface area (Å²) in [6, 6.07) is 25.9. The maximum absolute atomic E-state index is 13.2. The molecule has 6 nitrogen and oxygen atoms in total. The van der Waals surface area contributed by atoms with Gasteiger partial charge in [0.1, 0.15) is 0 Å². The van der Waals surface area contributed by atoms with Crippen molar-refractivity contribution in [1.29, 1.82) is 0 Å². The van der Waals surface area contributed by atoms with Crippen LogP contribution in [0.1, 0.15) is 44.3 Å². The number of halogens is 1. The van der Waals surface area contributed by atoms with Crippen LogP contribution in [0, 0.1) is 0 Å². The van der Waals surface area contributed by atoms with Crippen molar-refractivity contribution in [3.8, 4) is 0 Å². The van der Waals surface area contributed by atoms with Crippen LogP contribution in [0.2, 0.25) is 5.02 Å². The third kappa shape index (κ3) is 5.79. The van der Waals surface area contributed by atoms with E-state index in [1.54, 1.807) is 73.7 Å². The second kappa shape index (κ2) is 11.3. The van der Waals surface area contributed by atoms with E-state index in [9.17, 15) is 19.2 Å². The maximum Gasteiger partial charge on any atom is 0.237 e. The first-order chi connectivity index (χ1) is 18.8. The number of amides is 2. The highest BCUT2D eigenvalue weighted by molar-refractivity contribution is 8.00. The quantitative estimate of drug-likeness (QED) is 0.227. The van der Waals surface area contributed by atoms with Crippen LogP contribution in [-0.4, -0.2) is 28.6 Å². The van der Waals surface area contributed by atoms with E-state index in [1.165, 1.54) is 11.8 Å². The van der Waals surface area contributed by atoms with Gasteiger partial charge in [0.15, 0.2) is 11.6 Å². The molecular formula is C31H23ClN2O4S. The minimum Gasteiger partial charge on any atom is -0.326 e. The number of ketones is 2. The van der Waals surface area contributed by atoms with Gasteiger partial charge in [0, 0.05) is 32.3 Å². The first-order valence-corrected chi connectivity index (χ1v) is 13.5. The van der Waals surface area contributed by atoms with E-state index >= 15 is 0 Å². The van der Waals surface area contributed by atoms with E-state index in [4.69, 9.17) is 11.6 Å². The van der Waals surface area contributed by atoms with Crippen molar-refractivity contribution in [2.45, 2.75) is 23.5 Å². The zero-order valence-corrected chi connectivity index (χ0v) is 22.4. The summed E-state index contributed by atoms with van der Waals surface area (Å²) in [5, 5.41) is 5.83. The molecule has 1 atom stereocenters. The number of carbonyl (C=O) groups excluding carboxylic acids is 4. The molecule has 0 aromatic heterocycles. The largest absolute Gasteiger partial charge is 0.326 e. The summed E-state index contributed by atoms with van der Waals surface area (Å²) in [5.41, 5.74) is 3.02. The van der Waals surface area contributed by atoms with E-state index in [2.05, 4.69) is 10.6 Å². The number of rotatable bonds is 7. The maximum atomic E-state index is 13.2. The van der Waals surface area contributed by atoms with Gasteiger partial charge in [-0.3, -0.25) is 19.2 Å². The Kier molecular flexibility index (Phi) is 7.63. The molecule has 4 aromatic rings. The van der Waals surface area contributed by atoms with Gasteiger partial charge in [-0.1, -0.05) is 60.1 Å². The Morgan fingerprint density at radius 2 is 1.41 bits per heavy atom. The molecule has 0 heterocycles. The lowest BCUT2D eigenvalue weighted by molar-refractivity contribution is -0.116. The van der Waals surface area contributed by atoms with Crippen molar-refractivity contribution in [2.24, 2.45) is 0 Å². The first-order valence-electron chi connectivity index (χ1n) is 12.2. The van der Waals surface area contributed by atoms with Gasteiger partial charge in [-0.25, -0.2) is 0 Å². The second-order valence-electron chi connectivity index (χ2n) is 9.06. The lowest BCUT2D eigenvalue weighted by Crippen LogP contribution is -2.27. The van der Waals surface area contributed by atoms with Crippen molar-refractivity contribution in [2.75, 3.05) is 10.6 Å². The molecule has 0 spiro atoms. The molecule has 0 bridgehead atoms. The molecule has 5 rings (SSSR count). The predicted octanol–water partition coefficient (Wildman–Crippen LogP) is 6.42. The minimum absolute atomic E-state index is 0.146. The summed E-state index contributed by atoms with van der Waals surface area (Å²) in [6.45, 7) is 1.76. The minimum atomic E-state index is -0.493. The van der Waals surface area contributed by atoms with E-state index < -0.39 is 5.25 Å². The Hall–Kier alpha value is -4.20. The standard InChI is InChI=1S/C31H23ClN2O4S/c1-18(39-22-15-13-21(14-16-22)33-27(35)17-19-9-11-20(32)12-10-19)31(38)34-26-8-4-7-25-28(26)30(37)24-6-3-2-5-23(24)29(25)36/h2-16,18H,17H2,1H3,(H,33,35)(H,34,38). The summed E-state index contributed by atoms with van der Waals surface area (Å²) in [5.74, 6) is -0.968. The van der Waals surface area contributed by atoms with Crippen LogP contribution in [0.5, 0.6) is 0 Å². The van der Waals surface area contributed by atoms with Gasteiger partial charge in [-0.2, -0.15) is 0 Å². The van der Waals surface area contributed by atoms with Crippen LogP contribution in [0.25, 0.3) is 0 Å². The number of hydrogen-bond acceptors (Lipinski definition) is 5. The van der Waals surface area contributed by atoms with Crippen molar-refractivity contribution >= 4 is 58.1 Å². The number of fused-ring (bicyclic) bond motifs is 2. The smallest absolute Gasteiger partial charge is 0.237 e. The summed E-state index contributed by atoms with van der Waals surface area (Å²) in [7, 11) is 0. The van der Waals surface area contributed by atoms with Crippen molar-refractivity contribution < 1.29 is 19.2 Å². The molecule has 0 saturated carbocycles. The average molecular weight is 555 g/mol. The van der Waals surface area contributed by atoms with Crippen LogP contribution >= 0.6 is 23.4 Å². The summed E-state index contributed by atoms with van der Waals surface area (Å²) < 4.78 is 0. The Morgan fingerprint density at radius 1 is 0.769 bits per heavy atom. The van der Waals surface area contributed by atoms with Crippen LogP contribution in [-0.2, 0) is 16.0 Å². The van der Waals surface area contributed by atoms with Gasteiger partial charge in [-0.05, 0) is 55.0 Å². The fourth-order valence-corrected chi connectivity index (χ4v) is 5.34. The molecule has 0 radical (unpaired) electrons. The number of anilines is 2. The molecule has 1 aliphatic rings. The second-order valence-corrected chi connectivity index (χ2v) is 10.9. The van der Waals surface area contributed by atoms with E-state index in [1.807, 2.05) is 24.3 Å². The molecule has 0 aliphatic heterocycles. The van der Waals surface area contributed by atoms with Gasteiger partial charge in [0.25, 0.3) is 0 Å². The molecule has 2 amide bonds. The molecule has 194 valence electrons. The Balaban J connectivity index is 1.22. The molecule has 2 N–H and O–H groups in total. The number of nitrogens with one attached hydrogen (secondary N) is 2. The zero-order chi connectivity index (χ0) is 27.5. The SMILES string of the molecule is CC(Sc1ccc(NC(=O)Cc2ccc(Cl)cc2)cc1)C(=O)Nc1cccc2c1C(=O)c1ccccc1C2=O. The molecular weight excluding hydrogens is 532 g/mol. The lowest BCUT2D eigenvalue weighted by atomic mass is 9.83. The van der Waals surface area contributed by atoms with Gasteiger partial charge in [0.05, 0.1) is 22.9 Å². The number of thioether (sulfide) groups is 1. The lowest BCUT2D eigenvalue weighted by Gasteiger charge is -2.21. The van der Waals surface area contributed by atoms with Crippen LogP contribution in [0.3, 0.4) is 0 Å². The van der Waals surface area contributed by atoms with Crippen LogP contribution in [0.4, 0.5) is 11.4 Å². The van der Waals surface area contributed by atoms with E-state index in [0.717, 1.165) is 10.5 Å².